The van der Waals surface area contributed by atoms with Gasteiger partial charge in [-0.05, 0) is 76.4 Å². The van der Waals surface area contributed by atoms with E-state index in [-0.39, 0.29) is 23.6 Å². The van der Waals surface area contributed by atoms with Crippen LogP contribution < -0.4 is 15.0 Å². The predicted molar refractivity (Wildman–Crippen MR) is 124 cm³/mol. The zero-order valence-electron chi connectivity index (χ0n) is 18.9. The molecule has 1 aromatic carbocycles. The number of amides is 1. The van der Waals surface area contributed by atoms with Crippen molar-refractivity contribution < 1.29 is 9.53 Å². The Hall–Kier alpha value is -2.60. The molecule has 0 saturated carbocycles. The molecule has 0 spiro atoms. The fraction of sp³-hybridized carbons (Fsp3) is 0.520. The lowest BCUT2D eigenvalue weighted by Gasteiger charge is -2.40. The molecule has 166 valence electrons. The molecule has 2 fully saturated rings. The van der Waals surface area contributed by atoms with Gasteiger partial charge in [0.1, 0.15) is 11.9 Å². The van der Waals surface area contributed by atoms with Crippen LogP contribution in [0, 0.1) is 0 Å². The van der Waals surface area contributed by atoms with Gasteiger partial charge in [-0.2, -0.15) is 0 Å². The molecular weight excluding hydrogens is 388 g/mol. The smallest absolute Gasteiger partial charge is 0.251 e. The molecule has 0 aliphatic carbocycles. The molecule has 6 nitrogen and oxygen atoms in total. The first-order valence-electron chi connectivity index (χ1n) is 11.4. The van der Waals surface area contributed by atoms with Gasteiger partial charge in [-0.3, -0.25) is 14.7 Å². The summed E-state index contributed by atoms with van der Waals surface area (Å²) in [6.07, 6.45) is 6.91. The minimum absolute atomic E-state index is 0.0249. The minimum atomic E-state index is -0.0249. The second-order valence-corrected chi connectivity index (χ2v) is 9.62. The molecule has 31 heavy (non-hydrogen) atoms. The normalized spacial score (nSPS) is 20.6. The van der Waals surface area contributed by atoms with Crippen LogP contribution in [0.25, 0.3) is 0 Å². The lowest BCUT2D eigenvalue weighted by Crippen LogP contribution is -2.48. The third-order valence-corrected chi connectivity index (χ3v) is 6.34. The molecule has 6 heteroatoms. The van der Waals surface area contributed by atoms with Crippen LogP contribution in [0.15, 0.2) is 48.8 Å². The molecule has 1 atom stereocenters. The first kappa shape index (κ1) is 21.6. The Labute approximate surface area is 185 Å². The predicted octanol–water partition coefficient (Wildman–Crippen LogP) is 3.73. The van der Waals surface area contributed by atoms with E-state index in [0.717, 1.165) is 56.9 Å². The van der Waals surface area contributed by atoms with E-state index >= 15 is 0 Å². The van der Waals surface area contributed by atoms with E-state index in [9.17, 15) is 4.79 Å². The van der Waals surface area contributed by atoms with Crippen molar-refractivity contribution in [2.75, 3.05) is 31.1 Å². The number of carbonyl (C=O) groups is 1. The molecule has 2 aliphatic rings. The second kappa shape index (κ2) is 9.27. The number of rotatable bonds is 5. The average Bonchev–Trinajstić information content (AvgIpc) is 3.23. The number of benzene rings is 1. The van der Waals surface area contributed by atoms with Crippen LogP contribution in [0.2, 0.25) is 0 Å². The number of pyridine rings is 1. The number of nitrogens with zero attached hydrogens (tertiary/aromatic N) is 3. The largest absolute Gasteiger partial charge is 0.490 e. The number of nitrogens with one attached hydrogen (secondary N) is 1. The van der Waals surface area contributed by atoms with Crippen LogP contribution >= 0.6 is 0 Å². The van der Waals surface area contributed by atoms with Crippen LogP contribution in [0.1, 0.15) is 50.4 Å². The SMILES string of the molecule is CC(C)(C)N1CCC(Oc2ccc(C(=O)N[C@@H]3CCN(c4cccnc4)C3)cc2)CC1. The molecule has 0 bridgehead atoms. The maximum absolute atomic E-state index is 12.7. The fourth-order valence-corrected chi connectivity index (χ4v) is 4.44. The Morgan fingerprint density at radius 1 is 1.06 bits per heavy atom. The number of hydrogen-bond acceptors (Lipinski definition) is 5. The Morgan fingerprint density at radius 3 is 2.45 bits per heavy atom. The van der Waals surface area contributed by atoms with Crippen molar-refractivity contribution in [3.63, 3.8) is 0 Å². The van der Waals surface area contributed by atoms with Crippen LogP contribution in [0.5, 0.6) is 5.75 Å². The Kier molecular flexibility index (Phi) is 6.46. The summed E-state index contributed by atoms with van der Waals surface area (Å²) in [6, 6.07) is 11.7. The number of piperidine rings is 1. The number of ether oxygens (including phenoxy) is 1. The van der Waals surface area contributed by atoms with Gasteiger partial charge in [-0.25, -0.2) is 0 Å². The number of hydrogen-bond donors (Lipinski definition) is 1. The van der Waals surface area contributed by atoms with Gasteiger partial charge < -0.3 is 15.0 Å². The van der Waals surface area contributed by atoms with E-state index in [1.807, 2.05) is 36.5 Å². The summed E-state index contributed by atoms with van der Waals surface area (Å²) in [6.45, 7) is 10.7. The summed E-state index contributed by atoms with van der Waals surface area (Å²) in [5.41, 5.74) is 2.00. The highest BCUT2D eigenvalue weighted by atomic mass is 16.5. The summed E-state index contributed by atoms with van der Waals surface area (Å²) >= 11 is 0. The first-order valence-corrected chi connectivity index (χ1v) is 11.4. The molecule has 2 saturated heterocycles. The van der Waals surface area contributed by atoms with E-state index in [0.29, 0.717) is 5.56 Å². The Morgan fingerprint density at radius 2 is 1.81 bits per heavy atom. The molecule has 0 unspecified atom stereocenters. The quantitative estimate of drug-likeness (QED) is 0.796. The van der Waals surface area contributed by atoms with Gasteiger partial charge >= 0.3 is 0 Å². The summed E-state index contributed by atoms with van der Waals surface area (Å²) in [4.78, 5) is 21.6. The molecule has 1 aromatic heterocycles. The minimum Gasteiger partial charge on any atom is -0.490 e. The third kappa shape index (κ3) is 5.56. The van der Waals surface area contributed by atoms with Crippen molar-refractivity contribution in [1.29, 1.82) is 0 Å². The van der Waals surface area contributed by atoms with Gasteiger partial charge in [0, 0.05) is 49.5 Å². The zero-order valence-corrected chi connectivity index (χ0v) is 18.9. The van der Waals surface area contributed by atoms with Crippen LogP contribution in [0.3, 0.4) is 0 Å². The van der Waals surface area contributed by atoms with Gasteiger partial charge in [-0.1, -0.05) is 0 Å². The fourth-order valence-electron chi connectivity index (χ4n) is 4.44. The van der Waals surface area contributed by atoms with Crippen molar-refractivity contribution in [3.8, 4) is 5.75 Å². The van der Waals surface area contributed by atoms with Crippen molar-refractivity contribution in [2.24, 2.45) is 0 Å². The lowest BCUT2D eigenvalue weighted by atomic mass is 9.99. The Bertz CT molecular complexity index is 855. The third-order valence-electron chi connectivity index (χ3n) is 6.34. The highest BCUT2D eigenvalue weighted by molar-refractivity contribution is 5.94. The lowest BCUT2D eigenvalue weighted by molar-refractivity contribution is 0.0491. The molecule has 4 rings (SSSR count). The van der Waals surface area contributed by atoms with Gasteiger partial charge in [0.2, 0.25) is 0 Å². The second-order valence-electron chi connectivity index (χ2n) is 9.62. The van der Waals surface area contributed by atoms with Crippen molar-refractivity contribution >= 4 is 11.6 Å². The highest BCUT2D eigenvalue weighted by Crippen LogP contribution is 2.24. The maximum atomic E-state index is 12.7. The van der Waals surface area contributed by atoms with Crippen LogP contribution in [-0.4, -0.2) is 59.7 Å². The van der Waals surface area contributed by atoms with Gasteiger partial charge in [0.15, 0.2) is 0 Å². The molecule has 2 aromatic rings. The van der Waals surface area contributed by atoms with Gasteiger partial charge in [0.05, 0.1) is 11.9 Å². The number of likely N-dealkylation sites (tertiary alicyclic amines) is 1. The molecule has 0 radical (unpaired) electrons. The molecular formula is C25H34N4O2. The average molecular weight is 423 g/mol. The number of anilines is 1. The van der Waals surface area contributed by atoms with Crippen LogP contribution in [-0.2, 0) is 0 Å². The Balaban J connectivity index is 1.25. The molecule has 2 aliphatic heterocycles. The molecule has 3 heterocycles. The summed E-state index contributed by atoms with van der Waals surface area (Å²) in [5.74, 6) is 0.817. The van der Waals surface area contributed by atoms with E-state index in [2.05, 4.69) is 46.9 Å². The topological polar surface area (TPSA) is 57.7 Å². The van der Waals surface area contributed by atoms with E-state index in [4.69, 9.17) is 4.74 Å². The van der Waals surface area contributed by atoms with Crippen molar-refractivity contribution in [3.05, 3.63) is 54.4 Å². The molecule has 1 N–H and O–H groups in total. The molecule has 1 amide bonds. The van der Waals surface area contributed by atoms with Crippen LogP contribution in [0.4, 0.5) is 5.69 Å². The zero-order chi connectivity index (χ0) is 21.8. The first-order chi connectivity index (χ1) is 14.9. The van der Waals surface area contributed by atoms with E-state index in [1.54, 1.807) is 6.20 Å². The highest BCUT2D eigenvalue weighted by Gasteiger charge is 2.28. The summed E-state index contributed by atoms with van der Waals surface area (Å²) in [7, 11) is 0. The monoisotopic (exact) mass is 422 g/mol. The van der Waals surface area contributed by atoms with E-state index in [1.165, 1.54) is 0 Å². The van der Waals surface area contributed by atoms with Gasteiger partial charge in [-0.15, -0.1) is 0 Å². The number of aromatic nitrogens is 1. The van der Waals surface area contributed by atoms with Gasteiger partial charge in [0.25, 0.3) is 5.91 Å². The summed E-state index contributed by atoms with van der Waals surface area (Å²) in [5, 5.41) is 3.17. The summed E-state index contributed by atoms with van der Waals surface area (Å²) < 4.78 is 6.18. The number of carbonyl (C=O) groups excluding carboxylic acids is 1. The maximum Gasteiger partial charge on any atom is 0.251 e. The van der Waals surface area contributed by atoms with Crippen molar-refractivity contribution in [2.45, 2.75) is 57.7 Å². The van der Waals surface area contributed by atoms with Crippen molar-refractivity contribution in [1.82, 2.24) is 15.2 Å². The standard InChI is InChI=1S/C25H34N4O2/c1-25(2,3)29-15-11-23(12-16-29)31-22-8-6-19(7-9-22)24(30)27-20-10-14-28(18-20)21-5-4-13-26-17-21/h4-9,13,17,20,23H,10-12,14-16,18H2,1-3H3,(H,27,30)/t20-/m1/s1. The van der Waals surface area contributed by atoms with E-state index < -0.39 is 0 Å².